The monoisotopic (exact) mass is 401 g/mol. The van der Waals surface area contributed by atoms with E-state index < -0.39 is 0 Å². The number of nitrogens with zero attached hydrogens (tertiary/aromatic N) is 3. The summed E-state index contributed by atoms with van der Waals surface area (Å²) >= 11 is 3.26. The minimum atomic E-state index is 0.123. The van der Waals surface area contributed by atoms with E-state index in [0.29, 0.717) is 13.0 Å². The third-order valence-corrected chi connectivity index (χ3v) is 6.89. The Bertz CT molecular complexity index is 898. The van der Waals surface area contributed by atoms with Crippen molar-refractivity contribution in [3.8, 4) is 0 Å². The number of fused-ring (bicyclic) bond motifs is 1. The van der Waals surface area contributed by atoms with Gasteiger partial charge in [0.2, 0.25) is 5.91 Å². The number of thiazole rings is 1. The van der Waals surface area contributed by atoms with Crippen molar-refractivity contribution in [1.82, 2.24) is 9.88 Å². The Hall–Kier alpha value is -1.76. The topological polar surface area (TPSA) is 36.4 Å². The number of amides is 1. The van der Waals surface area contributed by atoms with Crippen LogP contribution in [0, 0.1) is 13.8 Å². The second-order valence-corrected chi connectivity index (χ2v) is 8.76. The maximum atomic E-state index is 13.1. The van der Waals surface area contributed by atoms with Crippen LogP contribution in [0.15, 0.2) is 29.6 Å². The molecule has 0 aliphatic rings. The third kappa shape index (κ3) is 4.75. The van der Waals surface area contributed by atoms with E-state index in [1.807, 2.05) is 22.4 Å². The van der Waals surface area contributed by atoms with E-state index in [0.717, 1.165) is 35.2 Å². The van der Waals surface area contributed by atoms with Crippen molar-refractivity contribution in [2.45, 2.75) is 34.1 Å². The van der Waals surface area contributed by atoms with Crippen LogP contribution < -0.4 is 4.90 Å². The molecule has 0 fully saturated rings. The van der Waals surface area contributed by atoms with Gasteiger partial charge in [-0.2, -0.15) is 0 Å². The molecular weight excluding hydrogens is 374 g/mol. The molecule has 4 nitrogen and oxygen atoms in total. The number of benzene rings is 1. The summed E-state index contributed by atoms with van der Waals surface area (Å²) in [6, 6.07) is 8.31. The number of aromatic nitrogens is 1. The summed E-state index contributed by atoms with van der Waals surface area (Å²) in [5.41, 5.74) is 3.42. The summed E-state index contributed by atoms with van der Waals surface area (Å²) in [5, 5.41) is 2.83. The normalized spacial score (nSPS) is 11.4. The van der Waals surface area contributed by atoms with Crippen LogP contribution in [0.3, 0.4) is 0 Å². The van der Waals surface area contributed by atoms with Gasteiger partial charge in [0.15, 0.2) is 5.13 Å². The molecule has 1 aromatic carbocycles. The van der Waals surface area contributed by atoms with Crippen LogP contribution in [0.2, 0.25) is 0 Å². The van der Waals surface area contributed by atoms with Crippen molar-refractivity contribution in [1.29, 1.82) is 0 Å². The van der Waals surface area contributed by atoms with E-state index >= 15 is 0 Å². The van der Waals surface area contributed by atoms with Crippen LogP contribution in [0.4, 0.5) is 5.13 Å². The van der Waals surface area contributed by atoms with E-state index in [1.54, 1.807) is 22.7 Å². The standard InChI is InChI=1S/C21H27N3OS2/c1-5-23(6-2)9-10-24(19(25)14-17-8-7-11-26-17)21-22-18-13-15(3)12-16(4)20(18)27-21/h7-8,11-13H,5-6,9-10,14H2,1-4H3. The van der Waals surface area contributed by atoms with Gasteiger partial charge >= 0.3 is 0 Å². The summed E-state index contributed by atoms with van der Waals surface area (Å²) in [6.07, 6.45) is 0.434. The number of aryl methyl sites for hydroxylation is 2. The third-order valence-electron chi connectivity index (χ3n) is 4.78. The number of hydrogen-bond acceptors (Lipinski definition) is 5. The van der Waals surface area contributed by atoms with E-state index in [1.165, 1.54) is 15.8 Å². The average molecular weight is 402 g/mol. The summed E-state index contributed by atoms with van der Waals surface area (Å²) in [4.78, 5) is 23.3. The second-order valence-electron chi connectivity index (χ2n) is 6.75. The van der Waals surface area contributed by atoms with Gasteiger partial charge in [-0.05, 0) is 55.6 Å². The van der Waals surface area contributed by atoms with Crippen LogP contribution in [-0.2, 0) is 11.2 Å². The first-order valence-corrected chi connectivity index (χ1v) is 11.1. The molecular formula is C21H27N3OS2. The molecule has 0 radical (unpaired) electrons. The first-order valence-electron chi connectivity index (χ1n) is 9.44. The largest absolute Gasteiger partial charge is 0.302 e. The molecule has 144 valence electrons. The zero-order valence-electron chi connectivity index (χ0n) is 16.5. The van der Waals surface area contributed by atoms with Gasteiger partial charge in [-0.3, -0.25) is 9.69 Å². The van der Waals surface area contributed by atoms with Gasteiger partial charge in [-0.15, -0.1) is 11.3 Å². The number of rotatable bonds is 8. The molecule has 0 spiro atoms. The average Bonchev–Trinajstić information content (AvgIpc) is 3.28. The fraction of sp³-hybridized carbons (Fsp3) is 0.429. The Balaban J connectivity index is 1.90. The van der Waals surface area contributed by atoms with Gasteiger partial charge in [0, 0.05) is 18.0 Å². The first-order chi connectivity index (χ1) is 13.0. The van der Waals surface area contributed by atoms with Crippen LogP contribution in [0.25, 0.3) is 10.2 Å². The maximum Gasteiger partial charge on any atom is 0.234 e. The molecule has 1 amide bonds. The lowest BCUT2D eigenvalue weighted by Gasteiger charge is -2.24. The molecule has 0 bridgehead atoms. The molecule has 2 heterocycles. The quantitative estimate of drug-likeness (QED) is 0.539. The minimum absolute atomic E-state index is 0.123. The van der Waals surface area contributed by atoms with Crippen LogP contribution in [0.5, 0.6) is 0 Å². The molecule has 0 saturated carbocycles. The van der Waals surface area contributed by atoms with Gasteiger partial charge < -0.3 is 4.90 Å². The van der Waals surface area contributed by atoms with Gasteiger partial charge in [-0.25, -0.2) is 4.98 Å². The van der Waals surface area contributed by atoms with Crippen molar-refractivity contribution in [3.63, 3.8) is 0 Å². The highest BCUT2D eigenvalue weighted by Crippen LogP contribution is 2.32. The van der Waals surface area contributed by atoms with Crippen LogP contribution in [0.1, 0.15) is 29.9 Å². The SMILES string of the molecule is CCN(CC)CCN(C(=O)Cc1cccs1)c1nc2cc(C)cc(C)c2s1. The van der Waals surface area contributed by atoms with E-state index in [4.69, 9.17) is 4.98 Å². The van der Waals surface area contributed by atoms with Crippen LogP contribution in [-0.4, -0.2) is 42.0 Å². The smallest absolute Gasteiger partial charge is 0.234 e. The van der Waals surface area contributed by atoms with Gasteiger partial charge in [0.1, 0.15) is 0 Å². The molecule has 0 aliphatic heterocycles. The Kier molecular flexibility index (Phi) is 6.63. The molecule has 6 heteroatoms. The lowest BCUT2D eigenvalue weighted by Crippen LogP contribution is -2.39. The number of hydrogen-bond donors (Lipinski definition) is 0. The molecule has 0 aliphatic carbocycles. The molecule has 3 rings (SSSR count). The summed E-state index contributed by atoms with van der Waals surface area (Å²) in [7, 11) is 0. The van der Waals surface area contributed by atoms with Crippen molar-refractivity contribution < 1.29 is 4.79 Å². The lowest BCUT2D eigenvalue weighted by atomic mass is 10.1. The van der Waals surface area contributed by atoms with Gasteiger partial charge in [-0.1, -0.05) is 37.3 Å². The zero-order valence-corrected chi connectivity index (χ0v) is 18.1. The van der Waals surface area contributed by atoms with Crippen molar-refractivity contribution in [2.75, 3.05) is 31.1 Å². The fourth-order valence-corrected chi connectivity index (χ4v) is 5.00. The maximum absolute atomic E-state index is 13.1. The van der Waals surface area contributed by atoms with Crippen molar-refractivity contribution >= 4 is 43.9 Å². The second kappa shape index (κ2) is 8.95. The highest BCUT2D eigenvalue weighted by molar-refractivity contribution is 7.22. The Morgan fingerprint density at radius 3 is 2.59 bits per heavy atom. The molecule has 27 heavy (non-hydrogen) atoms. The number of carbonyl (C=O) groups is 1. The first kappa shape index (κ1) is 20.0. The summed E-state index contributed by atoms with van der Waals surface area (Å²) in [6.45, 7) is 12.0. The van der Waals surface area contributed by atoms with Gasteiger partial charge in [0.05, 0.1) is 16.6 Å². The van der Waals surface area contributed by atoms with Crippen molar-refractivity contribution in [3.05, 3.63) is 45.6 Å². The van der Waals surface area contributed by atoms with Gasteiger partial charge in [0.25, 0.3) is 0 Å². The van der Waals surface area contributed by atoms with E-state index in [2.05, 4.69) is 44.7 Å². The number of likely N-dealkylation sites (N-methyl/N-ethyl adjacent to an activating group) is 1. The number of anilines is 1. The number of thiophene rings is 1. The molecule has 0 saturated heterocycles. The minimum Gasteiger partial charge on any atom is -0.302 e. The van der Waals surface area contributed by atoms with Crippen LogP contribution >= 0.6 is 22.7 Å². The molecule has 3 aromatic rings. The summed E-state index contributed by atoms with van der Waals surface area (Å²) < 4.78 is 1.17. The highest BCUT2D eigenvalue weighted by atomic mass is 32.1. The zero-order chi connectivity index (χ0) is 19.4. The van der Waals surface area contributed by atoms with E-state index in [-0.39, 0.29) is 5.91 Å². The molecule has 2 aromatic heterocycles. The van der Waals surface area contributed by atoms with E-state index in [9.17, 15) is 4.79 Å². The Labute approximate surface area is 169 Å². The lowest BCUT2D eigenvalue weighted by molar-refractivity contribution is -0.118. The molecule has 0 N–H and O–H groups in total. The fourth-order valence-electron chi connectivity index (χ4n) is 3.25. The number of carbonyl (C=O) groups excluding carboxylic acids is 1. The Morgan fingerprint density at radius 2 is 1.93 bits per heavy atom. The predicted molar refractivity (Wildman–Crippen MR) is 117 cm³/mol. The highest BCUT2D eigenvalue weighted by Gasteiger charge is 2.21. The Morgan fingerprint density at radius 1 is 1.15 bits per heavy atom. The van der Waals surface area contributed by atoms with Crippen molar-refractivity contribution in [2.24, 2.45) is 0 Å². The predicted octanol–water partition coefficient (Wildman–Crippen LogP) is 4.89. The summed E-state index contributed by atoms with van der Waals surface area (Å²) in [5.74, 6) is 0.123. The molecule has 0 atom stereocenters. The molecule has 0 unspecified atom stereocenters.